The molecule has 0 aromatic carbocycles. The van der Waals surface area contributed by atoms with Crippen LogP contribution in [0.15, 0.2) is 24.3 Å². The highest BCUT2D eigenvalue weighted by Gasteiger charge is 2.86. The Hall–Kier alpha value is -3.21. The lowest BCUT2D eigenvalue weighted by Gasteiger charge is -2.48. The molecule has 0 radical (unpaired) electrons. The zero-order valence-corrected chi connectivity index (χ0v) is 22.1. The lowest BCUT2D eigenvalue weighted by molar-refractivity contribution is -0.198. The predicted molar refractivity (Wildman–Crippen MR) is 126 cm³/mol. The molecule has 11 heteroatoms. The van der Waals surface area contributed by atoms with E-state index in [9.17, 15) is 24.0 Å². The lowest BCUT2D eigenvalue weighted by Crippen LogP contribution is -2.56. The standard InChI is InChI=1S/C27H32O11/c1-13-10-25-11-27(13,37-16(4)30)19(36-15(3)29)9-17(25)26-8-7-18(35-14(2)28)24(5,23(32)38-26)21(26)20(25)22(31)34-12-33-6/h7-8,17-21H,1,9-12H2,2-6H3/t17-,18+,19+,20-,21-,24-,25+,26-,27+/m1/s1. The SMILES string of the molecule is C=C1C[C@]23C[C@@]1(OC(C)=O)[C@@H](OC(C)=O)C[C@H]2[C@@]12C=C[C@H](OC(C)=O)[C@@](C)(C(=O)O1)[C@H]2[C@@H]3C(=O)OCOC. The number of ether oxygens (including phenoxy) is 6. The van der Waals surface area contributed by atoms with Crippen LogP contribution in [0, 0.1) is 28.6 Å². The Balaban J connectivity index is 1.72. The molecule has 5 aliphatic rings. The molecule has 0 unspecified atom stereocenters. The smallest absolute Gasteiger partial charge is 0.317 e. The van der Waals surface area contributed by atoms with E-state index in [4.69, 9.17) is 28.4 Å². The summed E-state index contributed by atoms with van der Waals surface area (Å²) in [5.41, 5.74) is -4.45. The van der Waals surface area contributed by atoms with Crippen LogP contribution in [-0.4, -0.2) is 67.2 Å². The van der Waals surface area contributed by atoms with E-state index in [1.165, 1.54) is 27.9 Å². The van der Waals surface area contributed by atoms with Crippen molar-refractivity contribution in [3.8, 4) is 0 Å². The second-order valence-corrected chi connectivity index (χ2v) is 11.3. The third-order valence-corrected chi connectivity index (χ3v) is 9.36. The van der Waals surface area contributed by atoms with Crippen molar-refractivity contribution in [1.29, 1.82) is 0 Å². The van der Waals surface area contributed by atoms with Crippen molar-refractivity contribution in [2.75, 3.05) is 13.9 Å². The summed E-state index contributed by atoms with van der Waals surface area (Å²) in [4.78, 5) is 63.9. The average Bonchev–Trinajstić information content (AvgIpc) is 3.25. The zero-order valence-electron chi connectivity index (χ0n) is 22.1. The number of fused-ring (bicyclic) bond motifs is 1. The Morgan fingerprint density at radius 3 is 2.39 bits per heavy atom. The number of rotatable bonds is 6. The van der Waals surface area contributed by atoms with Gasteiger partial charge < -0.3 is 28.4 Å². The highest BCUT2D eigenvalue weighted by molar-refractivity contribution is 5.87. The molecule has 9 atom stereocenters. The first-order valence-electron chi connectivity index (χ1n) is 12.6. The number of hydrogen-bond acceptors (Lipinski definition) is 11. The minimum Gasteiger partial charge on any atom is -0.458 e. The molecule has 0 aromatic rings. The van der Waals surface area contributed by atoms with Gasteiger partial charge in [-0.05, 0) is 42.9 Å². The lowest BCUT2D eigenvalue weighted by atomic mass is 9.60. The van der Waals surface area contributed by atoms with E-state index in [1.807, 2.05) is 0 Å². The maximum absolute atomic E-state index is 13.9. The normalized spacial score (nSPS) is 43.6. The van der Waals surface area contributed by atoms with E-state index >= 15 is 0 Å². The molecular weight excluding hydrogens is 500 g/mol. The Labute approximate surface area is 219 Å². The molecule has 3 saturated carbocycles. The van der Waals surface area contributed by atoms with Crippen LogP contribution in [0.25, 0.3) is 0 Å². The minimum atomic E-state index is -1.41. The molecule has 1 spiro atoms. The van der Waals surface area contributed by atoms with Crippen LogP contribution in [0.2, 0.25) is 0 Å². The largest absolute Gasteiger partial charge is 0.458 e. The molecule has 5 rings (SSSR count). The van der Waals surface area contributed by atoms with Crippen LogP contribution in [0.1, 0.15) is 47.0 Å². The quantitative estimate of drug-likeness (QED) is 0.214. The van der Waals surface area contributed by atoms with Crippen molar-refractivity contribution in [2.24, 2.45) is 28.6 Å². The van der Waals surface area contributed by atoms with Crippen molar-refractivity contribution in [2.45, 2.75) is 70.4 Å². The van der Waals surface area contributed by atoms with Crippen molar-refractivity contribution in [1.82, 2.24) is 0 Å². The third-order valence-electron chi connectivity index (χ3n) is 9.36. The first-order valence-corrected chi connectivity index (χ1v) is 12.6. The summed E-state index contributed by atoms with van der Waals surface area (Å²) in [7, 11) is 1.38. The van der Waals surface area contributed by atoms with Crippen molar-refractivity contribution < 1.29 is 52.4 Å². The van der Waals surface area contributed by atoms with E-state index in [0.29, 0.717) is 5.57 Å². The molecule has 0 aromatic heterocycles. The van der Waals surface area contributed by atoms with Crippen molar-refractivity contribution in [3.05, 3.63) is 24.3 Å². The molecular formula is C27H32O11. The predicted octanol–water partition coefficient (Wildman–Crippen LogP) is 1.77. The summed E-state index contributed by atoms with van der Waals surface area (Å²) in [6, 6.07) is 0. The molecule has 206 valence electrons. The first-order chi connectivity index (χ1) is 17.8. The van der Waals surface area contributed by atoms with Gasteiger partial charge in [-0.25, -0.2) is 0 Å². The summed E-state index contributed by atoms with van der Waals surface area (Å²) in [5.74, 6) is -5.19. The van der Waals surface area contributed by atoms with Crippen molar-refractivity contribution >= 4 is 29.8 Å². The zero-order chi connectivity index (χ0) is 27.8. The first kappa shape index (κ1) is 26.4. The monoisotopic (exact) mass is 532 g/mol. The van der Waals surface area contributed by atoms with E-state index in [0.717, 1.165) is 0 Å². The van der Waals surface area contributed by atoms with E-state index in [2.05, 4.69) is 6.58 Å². The molecule has 4 bridgehead atoms. The topological polar surface area (TPSA) is 141 Å². The van der Waals surface area contributed by atoms with Gasteiger partial charge in [0.05, 0.1) is 5.92 Å². The van der Waals surface area contributed by atoms with Gasteiger partial charge >= 0.3 is 29.8 Å². The van der Waals surface area contributed by atoms with Crippen LogP contribution >= 0.6 is 0 Å². The van der Waals surface area contributed by atoms with E-state index < -0.39 is 81.8 Å². The van der Waals surface area contributed by atoms with Gasteiger partial charge in [0.1, 0.15) is 23.2 Å². The van der Waals surface area contributed by atoms with Crippen molar-refractivity contribution in [3.63, 3.8) is 0 Å². The maximum atomic E-state index is 13.9. The Bertz CT molecular complexity index is 1170. The highest BCUT2D eigenvalue weighted by Crippen LogP contribution is 2.78. The summed E-state index contributed by atoms with van der Waals surface area (Å²) >= 11 is 0. The summed E-state index contributed by atoms with van der Waals surface area (Å²) in [6.45, 7) is 9.31. The van der Waals surface area contributed by atoms with Crippen LogP contribution in [0.5, 0.6) is 0 Å². The van der Waals surface area contributed by atoms with Crippen LogP contribution in [-0.2, 0) is 52.4 Å². The van der Waals surface area contributed by atoms with Gasteiger partial charge in [0, 0.05) is 46.1 Å². The molecule has 4 fully saturated rings. The van der Waals surface area contributed by atoms with Crippen LogP contribution < -0.4 is 0 Å². The van der Waals surface area contributed by atoms with Gasteiger partial charge in [-0.1, -0.05) is 6.58 Å². The maximum Gasteiger partial charge on any atom is 0.317 e. The van der Waals surface area contributed by atoms with Gasteiger partial charge in [-0.3, -0.25) is 24.0 Å². The fraction of sp³-hybridized carbons (Fsp3) is 0.667. The second-order valence-electron chi connectivity index (χ2n) is 11.3. The molecule has 1 saturated heterocycles. The number of esters is 5. The van der Waals surface area contributed by atoms with Gasteiger partial charge in [0.15, 0.2) is 12.4 Å². The fourth-order valence-electron chi connectivity index (χ4n) is 8.35. The molecule has 1 heterocycles. The summed E-state index contributed by atoms with van der Waals surface area (Å²) in [5, 5.41) is 0. The fourth-order valence-corrected chi connectivity index (χ4v) is 8.35. The van der Waals surface area contributed by atoms with Gasteiger partial charge in [0.2, 0.25) is 0 Å². The molecule has 4 aliphatic carbocycles. The van der Waals surface area contributed by atoms with Gasteiger partial charge in [-0.2, -0.15) is 0 Å². The molecule has 1 aliphatic heterocycles. The number of methoxy groups -OCH3 is 1. The summed E-state index contributed by atoms with van der Waals surface area (Å²) in [6.07, 6.45) is 1.96. The van der Waals surface area contributed by atoms with E-state index in [-0.39, 0.29) is 26.1 Å². The summed E-state index contributed by atoms with van der Waals surface area (Å²) < 4.78 is 33.8. The molecule has 0 amide bonds. The number of hydrogen-bond donors (Lipinski definition) is 0. The molecule has 11 nitrogen and oxygen atoms in total. The van der Waals surface area contributed by atoms with Crippen LogP contribution in [0.4, 0.5) is 0 Å². The average molecular weight is 533 g/mol. The second kappa shape index (κ2) is 8.39. The highest BCUT2D eigenvalue weighted by atomic mass is 16.7. The minimum absolute atomic E-state index is 0.117. The Morgan fingerprint density at radius 2 is 1.79 bits per heavy atom. The number of carbonyl (C=O) groups excluding carboxylic acids is 5. The third kappa shape index (κ3) is 3.20. The Morgan fingerprint density at radius 1 is 1.11 bits per heavy atom. The molecule has 0 N–H and O–H groups in total. The Kier molecular flexibility index (Phi) is 5.83. The van der Waals surface area contributed by atoms with Gasteiger partial charge in [0.25, 0.3) is 0 Å². The number of carbonyl (C=O) groups is 5. The van der Waals surface area contributed by atoms with E-state index in [1.54, 1.807) is 19.1 Å². The molecule has 38 heavy (non-hydrogen) atoms. The van der Waals surface area contributed by atoms with Crippen LogP contribution in [0.3, 0.4) is 0 Å². The van der Waals surface area contributed by atoms with Gasteiger partial charge in [-0.15, -0.1) is 0 Å².